The van der Waals surface area contributed by atoms with Gasteiger partial charge in [0.15, 0.2) is 5.82 Å². The maximum atomic E-state index is 13.2. The van der Waals surface area contributed by atoms with Crippen molar-refractivity contribution in [2.45, 2.75) is 25.9 Å². The van der Waals surface area contributed by atoms with E-state index in [2.05, 4.69) is 72.7 Å². The number of benzene rings is 4. The first kappa shape index (κ1) is 24.2. The quantitative estimate of drug-likeness (QED) is 0.267. The van der Waals surface area contributed by atoms with Gasteiger partial charge in [-0.25, -0.2) is 10.1 Å². The Bertz CT molecular complexity index is 1710. The number of fused-ring (bicyclic) bond motifs is 1. The highest BCUT2D eigenvalue weighted by Crippen LogP contribution is 2.30. The summed E-state index contributed by atoms with van der Waals surface area (Å²) in [6, 6.07) is 32.1. The van der Waals surface area contributed by atoms with Crippen LogP contribution in [0.25, 0.3) is 33.5 Å². The van der Waals surface area contributed by atoms with Gasteiger partial charge in [0.25, 0.3) is 5.91 Å². The van der Waals surface area contributed by atoms with Crippen LogP contribution in [0.2, 0.25) is 0 Å². The van der Waals surface area contributed by atoms with Gasteiger partial charge in [-0.3, -0.25) is 4.79 Å². The number of rotatable bonds is 8. The highest BCUT2D eigenvalue weighted by Gasteiger charge is 2.16. The van der Waals surface area contributed by atoms with Crippen LogP contribution < -0.4 is 5.32 Å². The van der Waals surface area contributed by atoms with Crippen molar-refractivity contribution in [1.82, 2.24) is 35.5 Å². The molecule has 1 amide bonds. The fourth-order valence-corrected chi connectivity index (χ4v) is 4.87. The molecule has 0 fully saturated rings. The lowest BCUT2D eigenvalue weighted by Crippen LogP contribution is -2.28. The molecule has 8 nitrogen and oxygen atoms in total. The monoisotopic (exact) mass is 513 g/mol. The van der Waals surface area contributed by atoms with E-state index < -0.39 is 0 Å². The largest absolute Gasteiger partial charge is 0.345 e. The molecule has 1 unspecified atom stereocenters. The number of imidazole rings is 1. The third-order valence-corrected chi connectivity index (χ3v) is 6.94. The fourth-order valence-electron chi connectivity index (χ4n) is 4.87. The van der Waals surface area contributed by atoms with Gasteiger partial charge in [0.05, 0.1) is 23.4 Å². The van der Waals surface area contributed by atoms with E-state index >= 15 is 0 Å². The first-order valence-corrected chi connectivity index (χ1v) is 12.9. The van der Waals surface area contributed by atoms with Gasteiger partial charge in [-0.05, 0) is 57.3 Å². The van der Waals surface area contributed by atoms with Gasteiger partial charge in [-0.1, -0.05) is 85.8 Å². The van der Waals surface area contributed by atoms with Crippen molar-refractivity contribution in [2.75, 3.05) is 0 Å². The molecule has 2 aromatic heterocycles. The Morgan fingerprint density at radius 2 is 1.69 bits per heavy atom. The number of carbonyl (C=O) groups excluding carboxylic acids is 1. The van der Waals surface area contributed by atoms with E-state index in [4.69, 9.17) is 0 Å². The number of hydrogen-bond donors (Lipinski definition) is 2. The minimum absolute atomic E-state index is 0.0386. The molecule has 0 spiro atoms. The maximum absolute atomic E-state index is 13.2. The molecule has 2 heterocycles. The minimum Gasteiger partial charge on any atom is -0.345 e. The zero-order valence-corrected chi connectivity index (χ0v) is 21.5. The minimum atomic E-state index is -0.0923. The summed E-state index contributed by atoms with van der Waals surface area (Å²) >= 11 is 0. The SMILES string of the molecule is CCC(NC(=O)c1ccc2ncn(Cc3ccc(-c4ccccc4-c4nnn[nH]4)cc3)c2c1)c1ccccc1. The molecule has 0 saturated carbocycles. The van der Waals surface area contributed by atoms with Crippen LogP contribution in [0, 0.1) is 0 Å². The van der Waals surface area contributed by atoms with Gasteiger partial charge in [-0.15, -0.1) is 5.10 Å². The number of H-pyrrole nitrogens is 1. The molecule has 0 aliphatic heterocycles. The summed E-state index contributed by atoms with van der Waals surface area (Å²) in [5, 5.41) is 17.5. The number of carbonyl (C=O) groups is 1. The topological polar surface area (TPSA) is 101 Å². The summed E-state index contributed by atoms with van der Waals surface area (Å²) in [7, 11) is 0. The average molecular weight is 514 g/mol. The third kappa shape index (κ3) is 5.04. The summed E-state index contributed by atoms with van der Waals surface area (Å²) in [6.07, 6.45) is 2.64. The van der Waals surface area contributed by atoms with Crippen molar-refractivity contribution in [3.05, 3.63) is 120 Å². The molecule has 6 aromatic rings. The Balaban J connectivity index is 1.22. The zero-order valence-electron chi connectivity index (χ0n) is 21.5. The molecule has 8 heteroatoms. The van der Waals surface area contributed by atoms with E-state index in [0.29, 0.717) is 17.9 Å². The number of nitrogens with one attached hydrogen (secondary N) is 2. The molecule has 0 saturated heterocycles. The van der Waals surface area contributed by atoms with Crippen molar-refractivity contribution in [3.63, 3.8) is 0 Å². The Morgan fingerprint density at radius 1 is 0.923 bits per heavy atom. The Kier molecular flexibility index (Phi) is 6.66. The summed E-state index contributed by atoms with van der Waals surface area (Å²) in [4.78, 5) is 17.7. The average Bonchev–Trinajstić information content (AvgIpc) is 3.67. The third-order valence-electron chi connectivity index (χ3n) is 6.94. The molecule has 1 atom stereocenters. The second-order valence-corrected chi connectivity index (χ2v) is 9.41. The first-order valence-electron chi connectivity index (χ1n) is 12.9. The second kappa shape index (κ2) is 10.7. The van der Waals surface area contributed by atoms with Crippen LogP contribution in [0.4, 0.5) is 0 Å². The van der Waals surface area contributed by atoms with E-state index in [9.17, 15) is 4.79 Å². The van der Waals surface area contributed by atoms with Gasteiger partial charge in [-0.2, -0.15) is 0 Å². The lowest BCUT2D eigenvalue weighted by atomic mass is 9.98. The first-order chi connectivity index (χ1) is 19.2. The van der Waals surface area contributed by atoms with E-state index in [1.807, 2.05) is 73.1 Å². The van der Waals surface area contributed by atoms with Gasteiger partial charge >= 0.3 is 0 Å². The number of nitrogens with zero attached hydrogens (tertiary/aromatic N) is 5. The predicted molar refractivity (Wildman–Crippen MR) is 151 cm³/mol. The Morgan fingerprint density at radius 3 is 2.44 bits per heavy atom. The van der Waals surface area contributed by atoms with E-state index in [0.717, 1.165) is 45.3 Å². The van der Waals surface area contributed by atoms with Crippen LogP contribution in [0.3, 0.4) is 0 Å². The molecule has 0 aliphatic carbocycles. The Hall–Kier alpha value is -5.11. The molecule has 2 N–H and O–H groups in total. The number of aromatic amines is 1. The second-order valence-electron chi connectivity index (χ2n) is 9.41. The normalized spacial score (nSPS) is 11.9. The standard InChI is InChI=1S/C31H27N7O/c1-2-27(23-8-4-3-5-9-23)33-31(39)24-16-17-28-29(18-24)38(20-32-28)19-21-12-14-22(15-13-21)25-10-6-7-11-26(25)30-34-36-37-35-30/h3-18,20,27H,2,19H2,1H3,(H,33,39)(H,34,35,36,37). The number of hydrogen-bond acceptors (Lipinski definition) is 5. The lowest BCUT2D eigenvalue weighted by molar-refractivity contribution is 0.0935. The van der Waals surface area contributed by atoms with E-state index in [1.54, 1.807) is 0 Å². The molecule has 39 heavy (non-hydrogen) atoms. The summed E-state index contributed by atoms with van der Waals surface area (Å²) in [5.41, 5.74) is 7.68. The predicted octanol–water partition coefficient (Wildman–Crippen LogP) is 5.81. The fraction of sp³-hybridized carbons (Fsp3) is 0.129. The van der Waals surface area contributed by atoms with Gasteiger partial charge in [0, 0.05) is 17.7 Å². The highest BCUT2D eigenvalue weighted by molar-refractivity contribution is 5.97. The summed E-state index contributed by atoms with van der Waals surface area (Å²) < 4.78 is 2.07. The van der Waals surface area contributed by atoms with Crippen LogP contribution in [0.5, 0.6) is 0 Å². The van der Waals surface area contributed by atoms with Gasteiger partial charge in [0.2, 0.25) is 0 Å². The molecule has 6 rings (SSSR count). The summed E-state index contributed by atoms with van der Waals surface area (Å²) in [6.45, 7) is 2.71. The van der Waals surface area contributed by atoms with Gasteiger partial charge in [0.1, 0.15) is 0 Å². The molecular weight excluding hydrogens is 486 g/mol. The van der Waals surface area contributed by atoms with Crippen LogP contribution in [0.1, 0.15) is 40.9 Å². The lowest BCUT2D eigenvalue weighted by Gasteiger charge is -2.17. The highest BCUT2D eigenvalue weighted by atomic mass is 16.1. The molecule has 0 aliphatic rings. The molecule has 192 valence electrons. The van der Waals surface area contributed by atoms with Crippen LogP contribution in [-0.2, 0) is 6.54 Å². The number of aromatic nitrogens is 6. The summed E-state index contributed by atoms with van der Waals surface area (Å²) in [5.74, 6) is 0.541. The van der Waals surface area contributed by atoms with Crippen LogP contribution in [-0.4, -0.2) is 36.1 Å². The van der Waals surface area contributed by atoms with Crippen molar-refractivity contribution >= 4 is 16.9 Å². The number of tetrazole rings is 1. The molecule has 0 radical (unpaired) electrons. The van der Waals surface area contributed by atoms with E-state index in [-0.39, 0.29) is 11.9 Å². The zero-order chi connectivity index (χ0) is 26.6. The molecule has 0 bridgehead atoms. The smallest absolute Gasteiger partial charge is 0.251 e. The van der Waals surface area contributed by atoms with Gasteiger partial charge < -0.3 is 9.88 Å². The maximum Gasteiger partial charge on any atom is 0.251 e. The van der Waals surface area contributed by atoms with E-state index in [1.165, 1.54) is 0 Å². The molecular formula is C31H27N7O. The molecule has 4 aromatic carbocycles. The van der Waals surface area contributed by atoms with Crippen molar-refractivity contribution < 1.29 is 4.79 Å². The Labute approximate surface area is 225 Å². The van der Waals surface area contributed by atoms with Crippen LogP contribution in [0.15, 0.2) is 103 Å². The van der Waals surface area contributed by atoms with Crippen molar-refractivity contribution in [3.8, 4) is 22.5 Å². The number of amides is 1. The van der Waals surface area contributed by atoms with Crippen LogP contribution >= 0.6 is 0 Å². The van der Waals surface area contributed by atoms with Crippen molar-refractivity contribution in [2.24, 2.45) is 0 Å². The van der Waals surface area contributed by atoms with Crippen molar-refractivity contribution in [1.29, 1.82) is 0 Å².